The van der Waals surface area contributed by atoms with Crippen molar-refractivity contribution in [3.8, 4) is 0 Å². The molecule has 1 heteroatoms. The van der Waals surface area contributed by atoms with Gasteiger partial charge in [0.2, 0.25) is 0 Å². The van der Waals surface area contributed by atoms with Crippen LogP contribution in [-0.2, 0) is 11.3 Å². The van der Waals surface area contributed by atoms with Crippen LogP contribution in [0.3, 0.4) is 0 Å². The molecule has 0 amide bonds. The molecule has 0 saturated heterocycles. The van der Waals surface area contributed by atoms with E-state index in [-0.39, 0.29) is 0 Å². The van der Waals surface area contributed by atoms with E-state index in [1.54, 1.807) is 7.11 Å². The van der Waals surface area contributed by atoms with Gasteiger partial charge in [-0.05, 0) is 5.56 Å². The maximum absolute atomic E-state index is 4.93. The van der Waals surface area contributed by atoms with E-state index in [1.165, 1.54) is 31.2 Å². The highest BCUT2D eigenvalue weighted by Gasteiger charge is 1.84. The van der Waals surface area contributed by atoms with Crippen LogP contribution >= 0.6 is 0 Å². The van der Waals surface area contributed by atoms with Crippen LogP contribution in [0.15, 0.2) is 30.3 Å². The van der Waals surface area contributed by atoms with Gasteiger partial charge in [-0.25, -0.2) is 0 Å². The maximum atomic E-state index is 4.93. The fraction of sp³-hybridized carbons (Fsp3) is 0.571. The summed E-state index contributed by atoms with van der Waals surface area (Å²) in [6, 6.07) is 10.1. The molecule has 0 aliphatic heterocycles. The van der Waals surface area contributed by atoms with E-state index in [0.717, 1.165) is 0 Å². The average molecular weight is 208 g/mol. The van der Waals surface area contributed by atoms with Crippen molar-refractivity contribution < 1.29 is 4.74 Å². The summed E-state index contributed by atoms with van der Waals surface area (Å²) >= 11 is 0. The molecule has 15 heavy (non-hydrogen) atoms. The van der Waals surface area contributed by atoms with Gasteiger partial charge in [-0.2, -0.15) is 0 Å². The molecule has 0 aliphatic rings. The second-order valence-corrected chi connectivity index (χ2v) is 3.63. The van der Waals surface area contributed by atoms with E-state index in [9.17, 15) is 0 Å². The van der Waals surface area contributed by atoms with Gasteiger partial charge in [0.1, 0.15) is 0 Å². The van der Waals surface area contributed by atoms with E-state index in [4.69, 9.17) is 4.74 Å². The molecule has 1 aromatic carbocycles. The molecule has 0 atom stereocenters. The maximum Gasteiger partial charge on any atom is 0.0713 e. The zero-order valence-electron chi connectivity index (χ0n) is 10.3. The van der Waals surface area contributed by atoms with Gasteiger partial charge in [0, 0.05) is 7.11 Å². The van der Waals surface area contributed by atoms with Gasteiger partial charge >= 0.3 is 0 Å². The van der Waals surface area contributed by atoms with E-state index in [2.05, 4.69) is 13.8 Å². The molecule has 1 aromatic rings. The van der Waals surface area contributed by atoms with E-state index in [0.29, 0.717) is 6.61 Å². The van der Waals surface area contributed by atoms with Crippen LogP contribution in [0.1, 0.15) is 45.1 Å². The number of hydrogen-bond donors (Lipinski definition) is 0. The molecule has 0 saturated carbocycles. The third kappa shape index (κ3) is 9.48. The monoisotopic (exact) mass is 208 g/mol. The minimum Gasteiger partial charge on any atom is -0.380 e. The molecule has 0 N–H and O–H groups in total. The Hall–Kier alpha value is -0.820. The molecule has 0 radical (unpaired) electrons. The number of unbranched alkanes of at least 4 members (excludes halogenated alkanes) is 3. The fourth-order valence-corrected chi connectivity index (χ4v) is 1.24. The molecule has 0 fully saturated rings. The van der Waals surface area contributed by atoms with Crippen LogP contribution in [0.25, 0.3) is 0 Å². The predicted molar refractivity (Wildman–Crippen MR) is 67.0 cm³/mol. The zero-order chi connectivity index (χ0) is 11.4. The van der Waals surface area contributed by atoms with Crippen LogP contribution in [0.5, 0.6) is 0 Å². The Bertz CT molecular complexity index is 202. The highest BCUT2D eigenvalue weighted by Crippen LogP contribution is 1.98. The summed E-state index contributed by atoms with van der Waals surface area (Å²) in [6.07, 6.45) is 5.54. The summed E-state index contributed by atoms with van der Waals surface area (Å²) in [5, 5.41) is 0. The molecule has 0 bridgehead atoms. The van der Waals surface area contributed by atoms with Gasteiger partial charge in [-0.1, -0.05) is 69.9 Å². The quantitative estimate of drug-likeness (QED) is 0.651. The first kappa shape index (κ1) is 14.2. The van der Waals surface area contributed by atoms with Crippen molar-refractivity contribution in [1.29, 1.82) is 0 Å². The Morgan fingerprint density at radius 3 is 1.87 bits per heavy atom. The van der Waals surface area contributed by atoms with Crippen molar-refractivity contribution in [2.45, 2.75) is 46.1 Å². The third-order valence-corrected chi connectivity index (χ3v) is 2.11. The molecule has 0 unspecified atom stereocenters. The summed E-state index contributed by atoms with van der Waals surface area (Å²) in [5.74, 6) is 0. The van der Waals surface area contributed by atoms with Crippen molar-refractivity contribution in [1.82, 2.24) is 0 Å². The zero-order valence-corrected chi connectivity index (χ0v) is 10.3. The first-order valence-electron chi connectivity index (χ1n) is 5.88. The van der Waals surface area contributed by atoms with E-state index in [1.807, 2.05) is 30.3 Å². The summed E-state index contributed by atoms with van der Waals surface area (Å²) in [5.41, 5.74) is 1.22. The summed E-state index contributed by atoms with van der Waals surface area (Å²) < 4.78 is 4.93. The van der Waals surface area contributed by atoms with Gasteiger partial charge in [0.25, 0.3) is 0 Å². The average Bonchev–Trinajstić information content (AvgIpc) is 2.29. The van der Waals surface area contributed by atoms with Gasteiger partial charge in [0.15, 0.2) is 0 Å². The molecular formula is C14H24O. The normalized spacial score (nSPS) is 9.27. The van der Waals surface area contributed by atoms with Crippen LogP contribution in [0, 0.1) is 0 Å². The van der Waals surface area contributed by atoms with Gasteiger partial charge in [0.05, 0.1) is 6.61 Å². The molecule has 0 heterocycles. The summed E-state index contributed by atoms with van der Waals surface area (Å²) in [4.78, 5) is 0. The first-order valence-corrected chi connectivity index (χ1v) is 5.88. The van der Waals surface area contributed by atoms with Crippen molar-refractivity contribution in [2.24, 2.45) is 0 Å². The van der Waals surface area contributed by atoms with E-state index < -0.39 is 0 Å². The summed E-state index contributed by atoms with van der Waals surface area (Å²) in [6.45, 7) is 5.17. The lowest BCUT2D eigenvalue weighted by atomic mass is 10.2. The van der Waals surface area contributed by atoms with Crippen molar-refractivity contribution >= 4 is 0 Å². The number of hydrogen-bond acceptors (Lipinski definition) is 1. The van der Waals surface area contributed by atoms with Crippen molar-refractivity contribution in [3.63, 3.8) is 0 Å². The van der Waals surface area contributed by atoms with Gasteiger partial charge in [-0.3, -0.25) is 0 Å². The Morgan fingerprint density at radius 2 is 1.47 bits per heavy atom. The highest BCUT2D eigenvalue weighted by atomic mass is 16.5. The third-order valence-electron chi connectivity index (χ3n) is 2.11. The molecule has 0 aromatic heterocycles. The number of benzene rings is 1. The van der Waals surface area contributed by atoms with Gasteiger partial charge in [-0.15, -0.1) is 0 Å². The predicted octanol–water partition coefficient (Wildman–Crippen LogP) is 4.42. The Kier molecular flexibility index (Phi) is 10.6. The smallest absolute Gasteiger partial charge is 0.0713 e. The molecule has 0 aliphatic carbocycles. The second-order valence-electron chi connectivity index (χ2n) is 3.63. The molecule has 0 spiro atoms. The lowest BCUT2D eigenvalue weighted by Gasteiger charge is -1.95. The topological polar surface area (TPSA) is 9.23 Å². The van der Waals surface area contributed by atoms with Crippen LogP contribution in [0.2, 0.25) is 0 Å². The second kappa shape index (κ2) is 11.3. The van der Waals surface area contributed by atoms with E-state index >= 15 is 0 Å². The first-order chi connectivity index (χ1) is 7.35. The standard InChI is InChI=1S/C8H10O.C6H14/c1-9-7-8-5-3-2-4-6-8;1-3-5-6-4-2/h2-6H,7H2,1H3;3-6H2,1-2H3. The van der Waals surface area contributed by atoms with Crippen LogP contribution in [-0.4, -0.2) is 7.11 Å². The number of methoxy groups -OCH3 is 1. The Labute approximate surface area is 94.5 Å². The highest BCUT2D eigenvalue weighted by molar-refractivity contribution is 5.13. The minimum atomic E-state index is 0.709. The SMILES string of the molecule is CCCCCC.COCc1ccccc1. The largest absolute Gasteiger partial charge is 0.380 e. The lowest BCUT2D eigenvalue weighted by molar-refractivity contribution is 0.185. The van der Waals surface area contributed by atoms with Crippen molar-refractivity contribution in [3.05, 3.63) is 35.9 Å². The molecule has 1 rings (SSSR count). The Balaban J connectivity index is 0.000000288. The van der Waals surface area contributed by atoms with Crippen LogP contribution < -0.4 is 0 Å². The number of rotatable bonds is 5. The molecule has 1 nitrogen and oxygen atoms in total. The number of ether oxygens (including phenoxy) is 1. The molecule has 86 valence electrons. The minimum absolute atomic E-state index is 0.709. The molecular weight excluding hydrogens is 184 g/mol. The summed E-state index contributed by atoms with van der Waals surface area (Å²) in [7, 11) is 1.70. The van der Waals surface area contributed by atoms with Gasteiger partial charge < -0.3 is 4.74 Å². The van der Waals surface area contributed by atoms with Crippen LogP contribution in [0.4, 0.5) is 0 Å². The Morgan fingerprint density at radius 1 is 0.933 bits per heavy atom. The van der Waals surface area contributed by atoms with Crippen molar-refractivity contribution in [2.75, 3.05) is 7.11 Å². The lowest BCUT2D eigenvalue weighted by Crippen LogP contribution is -1.84. The fourth-order valence-electron chi connectivity index (χ4n) is 1.24.